The van der Waals surface area contributed by atoms with Crippen LogP contribution in [0.1, 0.15) is 52.7 Å². The van der Waals surface area contributed by atoms with Crippen molar-refractivity contribution in [2.75, 3.05) is 7.11 Å². The number of rotatable bonds is 7. The zero-order valence-corrected chi connectivity index (χ0v) is 20.0. The number of phenolic OH excluding ortho intramolecular Hbond substituents is 1. The van der Waals surface area contributed by atoms with Crippen LogP contribution in [0.4, 0.5) is 0 Å². The number of aromatic hydroxyl groups is 1. The maximum Gasteiger partial charge on any atom is 0.336 e. The third-order valence-electron chi connectivity index (χ3n) is 5.24. The number of methoxy groups -OCH3 is 1. The molecule has 0 bridgehead atoms. The van der Waals surface area contributed by atoms with Crippen LogP contribution in [0.2, 0.25) is 0 Å². The zero-order valence-electron chi connectivity index (χ0n) is 20.0. The lowest BCUT2D eigenvalue weighted by molar-refractivity contribution is -0.142. The highest BCUT2D eigenvalue weighted by Crippen LogP contribution is 2.23. The number of ether oxygens (including phenoxy) is 1. The number of pyridine rings is 1. The summed E-state index contributed by atoms with van der Waals surface area (Å²) >= 11 is 0. The molecule has 0 fully saturated rings. The molecule has 3 N–H and O–H groups in total. The molecule has 2 aromatic carbocycles. The number of nitrogens with one attached hydrogen (secondary N) is 1. The van der Waals surface area contributed by atoms with Gasteiger partial charge in [-0.05, 0) is 46.9 Å². The van der Waals surface area contributed by atoms with E-state index in [9.17, 15) is 24.6 Å². The van der Waals surface area contributed by atoms with Crippen molar-refractivity contribution in [1.82, 2.24) is 10.3 Å². The first-order valence-corrected chi connectivity index (χ1v) is 11.0. The van der Waals surface area contributed by atoms with Crippen molar-refractivity contribution in [2.24, 2.45) is 5.41 Å². The number of aromatic nitrogens is 1. The summed E-state index contributed by atoms with van der Waals surface area (Å²) in [7, 11) is 1.21. The van der Waals surface area contributed by atoms with E-state index in [1.165, 1.54) is 25.3 Å². The fraction of sp³-hybridized carbons (Fsp3) is 0.259. The Morgan fingerprint density at radius 2 is 1.77 bits per heavy atom. The van der Waals surface area contributed by atoms with Crippen molar-refractivity contribution in [3.05, 3.63) is 77.0 Å². The standard InChI is InChI=1S/C27H28N2O6/c1-27(2,3)12-11-17-7-10-21-19(13-17)20(25(32)33)15-22(28-21)24(31)29-23(26(34)35-4)14-16-5-8-18(30)9-6-16/h5-13,15,23,30H,14H2,1-4H3,(H,29,31)(H,32,33)/t23-/m0/s1. The van der Waals surface area contributed by atoms with Gasteiger partial charge >= 0.3 is 11.9 Å². The lowest BCUT2D eigenvalue weighted by Gasteiger charge is -2.17. The number of nitrogens with zero attached hydrogens (tertiary/aromatic N) is 1. The van der Waals surface area contributed by atoms with Gasteiger partial charge in [0, 0.05) is 11.8 Å². The number of phenols is 1. The third-order valence-corrected chi connectivity index (χ3v) is 5.24. The van der Waals surface area contributed by atoms with Crippen molar-refractivity contribution in [3.8, 4) is 5.75 Å². The molecule has 0 radical (unpaired) electrons. The summed E-state index contributed by atoms with van der Waals surface area (Å²) in [6, 6.07) is 11.5. The topological polar surface area (TPSA) is 126 Å². The molecule has 8 nitrogen and oxygen atoms in total. The molecule has 0 spiro atoms. The lowest BCUT2D eigenvalue weighted by Crippen LogP contribution is -2.43. The Kier molecular flexibility index (Phi) is 7.54. The predicted molar refractivity (Wildman–Crippen MR) is 132 cm³/mol. The summed E-state index contributed by atoms with van der Waals surface area (Å²) < 4.78 is 4.81. The van der Waals surface area contributed by atoms with Crippen LogP contribution in [-0.4, -0.2) is 46.2 Å². The number of esters is 1. The molecular weight excluding hydrogens is 448 g/mol. The van der Waals surface area contributed by atoms with Crippen LogP contribution >= 0.6 is 0 Å². The van der Waals surface area contributed by atoms with Crippen molar-refractivity contribution in [3.63, 3.8) is 0 Å². The quantitative estimate of drug-likeness (QED) is 0.436. The minimum atomic E-state index is -1.20. The molecule has 8 heteroatoms. The molecular formula is C27H28N2O6. The summed E-state index contributed by atoms with van der Waals surface area (Å²) in [4.78, 5) is 41.6. The zero-order chi connectivity index (χ0) is 25.8. The van der Waals surface area contributed by atoms with Gasteiger partial charge in [0.05, 0.1) is 18.2 Å². The molecule has 182 valence electrons. The van der Waals surface area contributed by atoms with E-state index >= 15 is 0 Å². The number of carbonyl (C=O) groups is 3. The second-order valence-corrected chi connectivity index (χ2v) is 9.26. The normalized spacial score (nSPS) is 12.5. The van der Waals surface area contributed by atoms with Crippen LogP contribution in [0, 0.1) is 5.41 Å². The average Bonchev–Trinajstić information content (AvgIpc) is 2.81. The van der Waals surface area contributed by atoms with Gasteiger partial charge in [0.25, 0.3) is 5.91 Å². The van der Waals surface area contributed by atoms with E-state index in [1.807, 2.05) is 12.2 Å². The summed E-state index contributed by atoms with van der Waals surface area (Å²) in [5.41, 5.74) is 1.60. The molecule has 0 saturated carbocycles. The van der Waals surface area contributed by atoms with E-state index in [0.717, 1.165) is 5.56 Å². The molecule has 1 atom stereocenters. The monoisotopic (exact) mass is 476 g/mol. The minimum absolute atomic E-state index is 0.0406. The summed E-state index contributed by atoms with van der Waals surface area (Å²) in [5.74, 6) is -2.50. The van der Waals surface area contributed by atoms with E-state index in [1.54, 1.807) is 30.3 Å². The van der Waals surface area contributed by atoms with Crippen LogP contribution in [0.5, 0.6) is 5.75 Å². The first kappa shape index (κ1) is 25.4. The number of amides is 1. The Morgan fingerprint density at radius 3 is 2.37 bits per heavy atom. The highest BCUT2D eigenvalue weighted by Gasteiger charge is 2.24. The molecule has 1 heterocycles. The number of aromatic carboxylic acids is 1. The Bertz CT molecular complexity index is 1290. The van der Waals surface area contributed by atoms with Crippen LogP contribution in [0.25, 0.3) is 17.0 Å². The molecule has 0 aliphatic carbocycles. The number of benzene rings is 2. The first-order valence-electron chi connectivity index (χ1n) is 11.0. The summed E-state index contributed by atoms with van der Waals surface area (Å²) in [6.45, 7) is 6.18. The minimum Gasteiger partial charge on any atom is -0.508 e. The van der Waals surface area contributed by atoms with Crippen LogP contribution < -0.4 is 5.32 Å². The van der Waals surface area contributed by atoms with Gasteiger partial charge in [-0.25, -0.2) is 14.6 Å². The number of carbonyl (C=O) groups excluding carboxylic acids is 2. The maximum absolute atomic E-state index is 13.0. The number of hydrogen-bond acceptors (Lipinski definition) is 6. The van der Waals surface area contributed by atoms with Gasteiger partial charge < -0.3 is 20.3 Å². The van der Waals surface area contributed by atoms with Crippen LogP contribution in [-0.2, 0) is 16.0 Å². The molecule has 35 heavy (non-hydrogen) atoms. The SMILES string of the molecule is COC(=O)[C@H](Cc1ccc(O)cc1)NC(=O)c1cc(C(=O)O)c2cc(C=CC(C)(C)C)ccc2n1. The highest BCUT2D eigenvalue weighted by atomic mass is 16.5. The Balaban J connectivity index is 1.93. The molecule has 0 unspecified atom stereocenters. The molecule has 1 aromatic heterocycles. The largest absolute Gasteiger partial charge is 0.508 e. The number of hydrogen-bond donors (Lipinski definition) is 3. The number of carboxylic acid groups (broad SMARTS) is 1. The molecule has 3 aromatic rings. The van der Waals surface area contributed by atoms with Gasteiger partial charge in [0.1, 0.15) is 17.5 Å². The predicted octanol–water partition coefficient (Wildman–Crippen LogP) is 4.21. The molecule has 0 aliphatic heterocycles. The number of allylic oxidation sites excluding steroid dienone is 1. The maximum atomic E-state index is 13.0. The van der Waals surface area contributed by atoms with Gasteiger partial charge in [0.15, 0.2) is 0 Å². The van der Waals surface area contributed by atoms with E-state index in [4.69, 9.17) is 4.74 Å². The van der Waals surface area contributed by atoms with E-state index in [2.05, 4.69) is 31.1 Å². The first-order chi connectivity index (χ1) is 16.5. The fourth-order valence-electron chi connectivity index (χ4n) is 3.42. The van der Waals surface area contributed by atoms with Gasteiger partial charge in [-0.15, -0.1) is 0 Å². The van der Waals surface area contributed by atoms with Gasteiger partial charge in [-0.3, -0.25) is 4.79 Å². The van der Waals surface area contributed by atoms with Crippen molar-refractivity contribution >= 4 is 34.8 Å². The fourth-order valence-corrected chi connectivity index (χ4v) is 3.42. The van der Waals surface area contributed by atoms with E-state index < -0.39 is 23.9 Å². The highest BCUT2D eigenvalue weighted by molar-refractivity contribution is 6.06. The van der Waals surface area contributed by atoms with E-state index in [0.29, 0.717) is 16.5 Å². The Labute approximate surface area is 203 Å². The Morgan fingerprint density at radius 1 is 1.09 bits per heavy atom. The summed E-state index contributed by atoms with van der Waals surface area (Å²) in [6.07, 6.45) is 4.04. The van der Waals surface area contributed by atoms with Crippen molar-refractivity contribution < 1.29 is 29.3 Å². The molecule has 0 saturated heterocycles. The second-order valence-electron chi connectivity index (χ2n) is 9.26. The summed E-state index contributed by atoms with van der Waals surface area (Å²) in [5, 5.41) is 22.2. The number of fused-ring (bicyclic) bond motifs is 1. The number of carboxylic acids is 1. The van der Waals surface area contributed by atoms with Crippen molar-refractivity contribution in [1.29, 1.82) is 0 Å². The average molecular weight is 477 g/mol. The van der Waals surface area contributed by atoms with Gasteiger partial charge in [-0.1, -0.05) is 51.1 Å². The molecule has 3 rings (SSSR count). The van der Waals surface area contributed by atoms with Crippen LogP contribution in [0.3, 0.4) is 0 Å². The molecule has 0 aliphatic rings. The van der Waals surface area contributed by atoms with Crippen LogP contribution in [0.15, 0.2) is 54.6 Å². The second kappa shape index (κ2) is 10.4. The van der Waals surface area contributed by atoms with Gasteiger partial charge in [-0.2, -0.15) is 0 Å². The lowest BCUT2D eigenvalue weighted by atomic mass is 9.95. The molecule has 1 amide bonds. The van der Waals surface area contributed by atoms with Crippen molar-refractivity contribution in [2.45, 2.75) is 33.2 Å². The van der Waals surface area contributed by atoms with Gasteiger partial charge in [0.2, 0.25) is 0 Å². The van der Waals surface area contributed by atoms with E-state index in [-0.39, 0.29) is 28.8 Å². The smallest absolute Gasteiger partial charge is 0.336 e. The Hall–Kier alpha value is -4.20. The third kappa shape index (κ3) is 6.66.